The first-order valence-electron chi connectivity index (χ1n) is 8.23. The molecular weight excluding hydrogens is 222 g/mol. The largest absolute Gasteiger partial charge is 0.370 e. The number of hydrogen-bond acceptors (Lipinski definition) is 1. The lowest BCUT2D eigenvalue weighted by atomic mass is 9.61. The van der Waals surface area contributed by atoms with Crippen molar-refractivity contribution in [1.82, 2.24) is 0 Å². The highest BCUT2D eigenvalue weighted by atomic mass is 16.5. The first kappa shape index (κ1) is 11.7. The summed E-state index contributed by atoms with van der Waals surface area (Å²) in [4.78, 5) is 1.85. The zero-order chi connectivity index (χ0) is 12.0. The van der Waals surface area contributed by atoms with Gasteiger partial charge in [-0.25, -0.2) is 0 Å². The second kappa shape index (κ2) is 4.49. The molecular formula is C16H28NO+. The molecule has 1 N–H and O–H groups in total. The number of hydrogen-bond donors (Lipinski definition) is 1. The average Bonchev–Trinajstić information content (AvgIpc) is 2.55. The van der Waals surface area contributed by atoms with E-state index in [1.807, 2.05) is 4.90 Å². The summed E-state index contributed by atoms with van der Waals surface area (Å²) >= 11 is 0. The van der Waals surface area contributed by atoms with Crippen molar-refractivity contribution in [3.63, 3.8) is 0 Å². The Bertz CT molecular complexity index is 296. The van der Waals surface area contributed by atoms with E-state index in [2.05, 4.69) is 0 Å². The third-order valence-electron chi connectivity index (χ3n) is 6.35. The molecule has 0 amide bonds. The maximum atomic E-state index is 5.52. The number of fused-ring (bicyclic) bond motifs is 1. The van der Waals surface area contributed by atoms with E-state index in [-0.39, 0.29) is 0 Å². The van der Waals surface area contributed by atoms with E-state index in [1.165, 1.54) is 19.6 Å². The summed E-state index contributed by atoms with van der Waals surface area (Å²) in [6, 6.07) is 0. The Morgan fingerprint density at radius 3 is 2.33 bits per heavy atom. The molecule has 5 rings (SSSR count). The van der Waals surface area contributed by atoms with Crippen LogP contribution < -0.4 is 4.90 Å². The van der Waals surface area contributed by atoms with Gasteiger partial charge in [-0.2, -0.15) is 0 Å². The predicted octanol–water partition coefficient (Wildman–Crippen LogP) is 1.51. The molecule has 0 spiro atoms. The monoisotopic (exact) mass is 250 g/mol. The Morgan fingerprint density at radius 2 is 1.61 bits per heavy atom. The van der Waals surface area contributed by atoms with E-state index in [0.717, 1.165) is 36.4 Å². The molecule has 102 valence electrons. The maximum Gasteiger partial charge on any atom is 0.101 e. The van der Waals surface area contributed by atoms with Crippen LogP contribution in [-0.4, -0.2) is 32.8 Å². The van der Waals surface area contributed by atoms with Gasteiger partial charge in [-0.3, -0.25) is 0 Å². The standard InChI is InChI=1S/C16H27NO/c1-2-16(12-17-3-5-18-6-4-17)10-14-7-13(1)8-15(9-14)11-16/h13-15H,1-12H2/p+1. The highest BCUT2D eigenvalue weighted by Crippen LogP contribution is 2.56. The number of quaternary nitrogens is 1. The van der Waals surface area contributed by atoms with Gasteiger partial charge in [0, 0.05) is 5.41 Å². The van der Waals surface area contributed by atoms with Gasteiger partial charge in [0.2, 0.25) is 0 Å². The van der Waals surface area contributed by atoms with Crippen molar-refractivity contribution in [2.75, 3.05) is 32.8 Å². The molecule has 18 heavy (non-hydrogen) atoms. The number of rotatable bonds is 2. The van der Waals surface area contributed by atoms with Gasteiger partial charge in [0.1, 0.15) is 13.1 Å². The molecule has 0 radical (unpaired) electrons. The van der Waals surface area contributed by atoms with Crippen molar-refractivity contribution in [1.29, 1.82) is 0 Å². The minimum absolute atomic E-state index is 0.742. The first-order chi connectivity index (χ1) is 8.81. The van der Waals surface area contributed by atoms with E-state index in [0.29, 0.717) is 0 Å². The smallest absolute Gasteiger partial charge is 0.101 e. The van der Waals surface area contributed by atoms with Crippen molar-refractivity contribution in [3.8, 4) is 0 Å². The second-order valence-electron chi connectivity index (χ2n) is 7.79. The van der Waals surface area contributed by atoms with Crippen molar-refractivity contribution in [3.05, 3.63) is 0 Å². The first-order valence-corrected chi connectivity index (χ1v) is 8.23. The van der Waals surface area contributed by atoms with Crippen molar-refractivity contribution in [2.24, 2.45) is 23.2 Å². The molecule has 4 bridgehead atoms. The Labute approximate surface area is 111 Å². The summed E-state index contributed by atoms with van der Waals surface area (Å²) in [7, 11) is 0. The molecule has 1 saturated heterocycles. The van der Waals surface area contributed by atoms with Gasteiger partial charge in [-0.15, -0.1) is 0 Å². The zero-order valence-corrected chi connectivity index (χ0v) is 11.6. The quantitative estimate of drug-likeness (QED) is 0.784. The minimum Gasteiger partial charge on any atom is -0.370 e. The molecule has 5 aliphatic rings. The Hall–Kier alpha value is -0.0800. The lowest BCUT2D eigenvalue weighted by Gasteiger charge is -2.46. The van der Waals surface area contributed by atoms with Crippen LogP contribution in [0.2, 0.25) is 0 Å². The SMILES string of the molecule is C1C[NH+](CC23CCC4CC(CC(C4)C2)C3)CCO1. The van der Waals surface area contributed by atoms with Crippen LogP contribution >= 0.6 is 0 Å². The van der Waals surface area contributed by atoms with Gasteiger partial charge in [0.25, 0.3) is 0 Å². The summed E-state index contributed by atoms with van der Waals surface area (Å²) in [5.41, 5.74) is 0.742. The molecule has 4 aliphatic carbocycles. The molecule has 4 saturated carbocycles. The van der Waals surface area contributed by atoms with Gasteiger partial charge < -0.3 is 9.64 Å². The molecule has 5 fully saturated rings. The maximum absolute atomic E-state index is 5.52. The Kier molecular flexibility index (Phi) is 2.92. The molecule has 2 atom stereocenters. The van der Waals surface area contributed by atoms with Crippen LogP contribution in [0.25, 0.3) is 0 Å². The summed E-state index contributed by atoms with van der Waals surface area (Å²) in [6.07, 6.45) is 11.0. The molecule has 2 nitrogen and oxygen atoms in total. The summed E-state index contributed by atoms with van der Waals surface area (Å²) in [5, 5.41) is 0. The number of ether oxygens (including phenoxy) is 1. The van der Waals surface area contributed by atoms with Crippen molar-refractivity contribution in [2.45, 2.75) is 44.9 Å². The summed E-state index contributed by atoms with van der Waals surface area (Å²) in [5.74, 6) is 3.31. The fourth-order valence-electron chi connectivity index (χ4n) is 5.89. The fourth-order valence-corrected chi connectivity index (χ4v) is 5.89. The van der Waals surface area contributed by atoms with E-state index in [9.17, 15) is 0 Å². The normalized spacial score (nSPS) is 48.3. The van der Waals surface area contributed by atoms with Crippen molar-refractivity contribution < 1.29 is 9.64 Å². The van der Waals surface area contributed by atoms with Gasteiger partial charge >= 0.3 is 0 Å². The third-order valence-corrected chi connectivity index (χ3v) is 6.35. The Balaban J connectivity index is 1.51. The molecule has 0 aromatic carbocycles. The summed E-state index contributed by atoms with van der Waals surface area (Å²) in [6.45, 7) is 6.00. The van der Waals surface area contributed by atoms with E-state index in [1.54, 1.807) is 44.9 Å². The number of nitrogens with one attached hydrogen (secondary N) is 1. The number of morpholine rings is 1. The van der Waals surface area contributed by atoms with E-state index in [4.69, 9.17) is 4.74 Å². The van der Waals surface area contributed by atoms with Crippen LogP contribution in [-0.2, 0) is 4.74 Å². The Morgan fingerprint density at radius 1 is 0.944 bits per heavy atom. The highest BCUT2D eigenvalue weighted by molar-refractivity contribution is 4.98. The van der Waals surface area contributed by atoms with Crippen LogP contribution in [0.4, 0.5) is 0 Å². The van der Waals surface area contributed by atoms with Crippen LogP contribution in [0, 0.1) is 23.2 Å². The van der Waals surface area contributed by atoms with Gasteiger partial charge in [0.05, 0.1) is 19.8 Å². The van der Waals surface area contributed by atoms with E-state index < -0.39 is 0 Å². The van der Waals surface area contributed by atoms with Crippen molar-refractivity contribution >= 4 is 0 Å². The molecule has 0 aromatic rings. The molecule has 1 aliphatic heterocycles. The average molecular weight is 250 g/mol. The van der Waals surface area contributed by atoms with Crippen LogP contribution in [0.3, 0.4) is 0 Å². The second-order valence-corrected chi connectivity index (χ2v) is 7.79. The molecule has 2 unspecified atom stereocenters. The molecule has 1 heterocycles. The minimum atomic E-state index is 0.742. The summed E-state index contributed by atoms with van der Waals surface area (Å²) < 4.78 is 5.52. The van der Waals surface area contributed by atoms with Crippen LogP contribution in [0.15, 0.2) is 0 Å². The molecule has 0 aromatic heterocycles. The lowest BCUT2D eigenvalue weighted by molar-refractivity contribution is -0.915. The van der Waals surface area contributed by atoms with Gasteiger partial charge in [-0.1, -0.05) is 0 Å². The highest BCUT2D eigenvalue weighted by Gasteiger charge is 2.49. The fraction of sp³-hybridized carbons (Fsp3) is 1.00. The van der Waals surface area contributed by atoms with Crippen LogP contribution in [0.1, 0.15) is 44.9 Å². The predicted molar refractivity (Wildman–Crippen MR) is 71.6 cm³/mol. The van der Waals surface area contributed by atoms with Gasteiger partial charge in [0.15, 0.2) is 0 Å². The lowest BCUT2D eigenvalue weighted by Crippen LogP contribution is -3.15. The third kappa shape index (κ3) is 2.12. The topological polar surface area (TPSA) is 13.7 Å². The zero-order valence-electron chi connectivity index (χ0n) is 11.6. The molecule has 2 heteroatoms. The van der Waals surface area contributed by atoms with Crippen LogP contribution in [0.5, 0.6) is 0 Å². The van der Waals surface area contributed by atoms with Gasteiger partial charge in [-0.05, 0) is 62.7 Å². The van der Waals surface area contributed by atoms with E-state index >= 15 is 0 Å².